The van der Waals surface area contributed by atoms with Crippen LogP contribution < -0.4 is 4.74 Å². The molecule has 3 aromatic rings. The summed E-state index contributed by atoms with van der Waals surface area (Å²) in [6.07, 6.45) is 4.06. The second-order valence-corrected chi connectivity index (χ2v) is 7.82. The molecule has 0 saturated carbocycles. The van der Waals surface area contributed by atoms with Crippen molar-refractivity contribution in [2.24, 2.45) is 0 Å². The number of carbonyl (C=O) groups is 1. The van der Waals surface area contributed by atoms with Gasteiger partial charge in [-0.3, -0.25) is 4.79 Å². The second kappa shape index (κ2) is 8.67. The number of rotatable bonds is 7. The van der Waals surface area contributed by atoms with Gasteiger partial charge < -0.3 is 14.0 Å². The Bertz CT molecular complexity index is 958. The number of amides is 1. The second-order valence-electron chi connectivity index (χ2n) is 6.40. The van der Waals surface area contributed by atoms with Crippen molar-refractivity contribution in [3.63, 3.8) is 0 Å². The molecule has 2 heterocycles. The first-order valence-corrected chi connectivity index (χ1v) is 10.1. The van der Waals surface area contributed by atoms with Crippen molar-refractivity contribution in [1.29, 1.82) is 0 Å². The molecule has 3 rings (SSSR count). The van der Waals surface area contributed by atoms with Crippen LogP contribution in [0, 0.1) is 6.92 Å². The molecule has 7 heteroatoms. The molecule has 0 atom stereocenters. The minimum Gasteiger partial charge on any atom is -0.496 e. The van der Waals surface area contributed by atoms with Crippen LogP contribution in [0.1, 0.15) is 16.8 Å². The van der Waals surface area contributed by atoms with Crippen molar-refractivity contribution in [2.75, 3.05) is 19.9 Å². The third kappa shape index (κ3) is 4.96. The van der Waals surface area contributed by atoms with E-state index < -0.39 is 0 Å². The maximum atomic E-state index is 12.4. The van der Waals surface area contributed by atoms with Crippen LogP contribution in [0.2, 0.25) is 5.02 Å². The number of methoxy groups -OCH3 is 1. The highest BCUT2D eigenvalue weighted by atomic mass is 35.5. The zero-order valence-electron chi connectivity index (χ0n) is 15.6. The number of thioether (sulfide) groups is 1. The number of carbonyl (C=O) groups excluding carboxylic acids is 1. The maximum Gasteiger partial charge on any atom is 0.232 e. The van der Waals surface area contributed by atoms with Gasteiger partial charge in [0.25, 0.3) is 0 Å². The molecule has 5 nitrogen and oxygen atoms in total. The van der Waals surface area contributed by atoms with Gasteiger partial charge in [0.1, 0.15) is 11.4 Å². The number of hydrogen-bond donors (Lipinski definition) is 0. The summed E-state index contributed by atoms with van der Waals surface area (Å²) in [4.78, 5) is 18.7. The number of halogens is 1. The molecule has 0 fully saturated rings. The summed E-state index contributed by atoms with van der Waals surface area (Å²) in [6.45, 7) is 2.51. The Morgan fingerprint density at radius 1 is 1.30 bits per heavy atom. The summed E-state index contributed by atoms with van der Waals surface area (Å²) in [5, 5.41) is 0.628. The fourth-order valence-electron chi connectivity index (χ4n) is 2.79. The summed E-state index contributed by atoms with van der Waals surface area (Å²) in [5.74, 6) is 1.88. The number of benzene rings is 1. The topological polar surface area (TPSA) is 46.8 Å². The van der Waals surface area contributed by atoms with Gasteiger partial charge in [0.05, 0.1) is 18.6 Å². The van der Waals surface area contributed by atoms with E-state index in [-0.39, 0.29) is 5.91 Å². The zero-order valence-corrected chi connectivity index (χ0v) is 17.2. The van der Waals surface area contributed by atoms with Gasteiger partial charge in [0.15, 0.2) is 0 Å². The van der Waals surface area contributed by atoms with Crippen molar-refractivity contribution in [3.05, 3.63) is 64.6 Å². The van der Waals surface area contributed by atoms with E-state index in [0.717, 1.165) is 22.7 Å². The van der Waals surface area contributed by atoms with Crippen molar-refractivity contribution >= 4 is 34.9 Å². The van der Waals surface area contributed by atoms with Crippen LogP contribution in [0.4, 0.5) is 0 Å². The average molecular weight is 404 g/mol. The monoisotopic (exact) mass is 403 g/mol. The molecule has 0 radical (unpaired) electrons. The van der Waals surface area contributed by atoms with Gasteiger partial charge in [-0.05, 0) is 36.8 Å². The number of aryl methyl sites for hydroxylation is 1. The van der Waals surface area contributed by atoms with E-state index in [1.54, 1.807) is 36.9 Å². The SMILES string of the molecule is COc1ccc(Cl)cc1CN(C)C(=O)CSCc1cn2cc(C)ccc2n1. The Morgan fingerprint density at radius 2 is 2.11 bits per heavy atom. The Balaban J connectivity index is 1.54. The van der Waals surface area contributed by atoms with Crippen molar-refractivity contribution in [2.45, 2.75) is 19.2 Å². The van der Waals surface area contributed by atoms with E-state index in [0.29, 0.717) is 23.1 Å². The van der Waals surface area contributed by atoms with Gasteiger partial charge in [0, 0.05) is 42.3 Å². The molecule has 27 heavy (non-hydrogen) atoms. The lowest BCUT2D eigenvalue weighted by molar-refractivity contribution is -0.127. The minimum absolute atomic E-state index is 0.0571. The van der Waals surface area contributed by atoms with E-state index in [4.69, 9.17) is 16.3 Å². The predicted molar refractivity (Wildman–Crippen MR) is 111 cm³/mol. The van der Waals surface area contributed by atoms with Gasteiger partial charge in [-0.15, -0.1) is 11.8 Å². The van der Waals surface area contributed by atoms with Crippen LogP contribution in [0.3, 0.4) is 0 Å². The van der Waals surface area contributed by atoms with E-state index >= 15 is 0 Å². The molecule has 1 aromatic carbocycles. The normalized spacial score (nSPS) is 11.0. The number of nitrogens with zero attached hydrogens (tertiary/aromatic N) is 3. The highest BCUT2D eigenvalue weighted by Crippen LogP contribution is 2.24. The Labute approximate surface area is 168 Å². The molecule has 0 aliphatic heterocycles. The Hall–Kier alpha value is -2.18. The molecular weight excluding hydrogens is 382 g/mol. The summed E-state index contributed by atoms with van der Waals surface area (Å²) in [6, 6.07) is 9.46. The van der Waals surface area contributed by atoms with Gasteiger partial charge in [-0.1, -0.05) is 17.7 Å². The standard InChI is InChI=1S/C20H22ClN3O2S/c1-14-4-7-19-22-17(11-24(19)9-14)12-27-13-20(25)23(2)10-15-8-16(21)5-6-18(15)26-3/h4-9,11H,10,12-13H2,1-3H3. The highest BCUT2D eigenvalue weighted by molar-refractivity contribution is 7.99. The largest absolute Gasteiger partial charge is 0.496 e. The summed E-state index contributed by atoms with van der Waals surface area (Å²) in [5.41, 5.74) is 3.97. The number of ether oxygens (including phenoxy) is 1. The van der Waals surface area contributed by atoms with Crippen LogP contribution in [0.5, 0.6) is 5.75 Å². The zero-order chi connectivity index (χ0) is 19.4. The minimum atomic E-state index is 0.0571. The average Bonchev–Trinajstić information content (AvgIpc) is 3.03. The van der Waals surface area contributed by atoms with Crippen LogP contribution in [0.15, 0.2) is 42.7 Å². The summed E-state index contributed by atoms with van der Waals surface area (Å²) in [7, 11) is 3.40. The Kier molecular flexibility index (Phi) is 6.29. The number of imidazole rings is 1. The highest BCUT2D eigenvalue weighted by Gasteiger charge is 2.13. The molecule has 1 amide bonds. The summed E-state index contributed by atoms with van der Waals surface area (Å²) < 4.78 is 7.36. The van der Waals surface area contributed by atoms with E-state index in [9.17, 15) is 4.79 Å². The van der Waals surface area contributed by atoms with Crippen molar-refractivity contribution in [1.82, 2.24) is 14.3 Å². The van der Waals surface area contributed by atoms with Crippen molar-refractivity contribution in [3.8, 4) is 5.75 Å². The third-order valence-electron chi connectivity index (χ3n) is 4.20. The first kappa shape index (κ1) is 19.6. The van der Waals surface area contributed by atoms with E-state index in [1.807, 2.05) is 41.1 Å². The lowest BCUT2D eigenvalue weighted by Crippen LogP contribution is -2.28. The molecule has 0 aliphatic rings. The molecule has 0 spiro atoms. The number of pyridine rings is 1. The van der Waals surface area contributed by atoms with Crippen LogP contribution in [-0.2, 0) is 17.1 Å². The Morgan fingerprint density at radius 3 is 2.89 bits per heavy atom. The van der Waals surface area contributed by atoms with Crippen LogP contribution in [0.25, 0.3) is 5.65 Å². The lowest BCUT2D eigenvalue weighted by atomic mass is 10.2. The molecule has 0 saturated heterocycles. The molecule has 0 unspecified atom stereocenters. The first-order valence-electron chi connectivity index (χ1n) is 8.54. The van der Waals surface area contributed by atoms with Gasteiger partial charge >= 0.3 is 0 Å². The van der Waals surface area contributed by atoms with Crippen LogP contribution in [-0.4, -0.2) is 40.1 Å². The van der Waals surface area contributed by atoms with Crippen LogP contribution >= 0.6 is 23.4 Å². The third-order valence-corrected chi connectivity index (χ3v) is 5.39. The maximum absolute atomic E-state index is 12.4. The predicted octanol–water partition coefficient (Wildman–Crippen LogP) is 4.20. The fourth-order valence-corrected chi connectivity index (χ4v) is 3.83. The lowest BCUT2D eigenvalue weighted by Gasteiger charge is -2.19. The molecule has 0 aliphatic carbocycles. The molecule has 0 N–H and O–H groups in total. The molecule has 2 aromatic heterocycles. The quantitative estimate of drug-likeness (QED) is 0.593. The number of hydrogen-bond acceptors (Lipinski definition) is 4. The van der Waals surface area contributed by atoms with E-state index in [1.165, 1.54) is 5.56 Å². The van der Waals surface area contributed by atoms with Gasteiger partial charge in [0.2, 0.25) is 5.91 Å². The molecular formula is C20H22ClN3O2S. The molecule has 142 valence electrons. The van der Waals surface area contributed by atoms with Gasteiger partial charge in [-0.2, -0.15) is 0 Å². The summed E-state index contributed by atoms with van der Waals surface area (Å²) >= 11 is 7.62. The van der Waals surface area contributed by atoms with Gasteiger partial charge in [-0.25, -0.2) is 4.98 Å². The number of fused-ring (bicyclic) bond motifs is 1. The molecule has 0 bridgehead atoms. The van der Waals surface area contributed by atoms with Crippen molar-refractivity contribution < 1.29 is 9.53 Å². The number of aromatic nitrogens is 2. The van der Waals surface area contributed by atoms with E-state index in [2.05, 4.69) is 11.9 Å². The fraction of sp³-hybridized carbons (Fsp3) is 0.300. The smallest absolute Gasteiger partial charge is 0.232 e. The first-order chi connectivity index (χ1) is 13.0.